The first-order valence-corrected chi connectivity index (χ1v) is 8.15. The van der Waals surface area contributed by atoms with Crippen LogP contribution < -0.4 is 0 Å². The maximum Gasteiger partial charge on any atom is 0.253 e. The van der Waals surface area contributed by atoms with Crippen LogP contribution in [0.4, 0.5) is 0 Å². The van der Waals surface area contributed by atoms with Gasteiger partial charge >= 0.3 is 0 Å². The molecule has 0 aliphatic carbocycles. The van der Waals surface area contributed by atoms with E-state index in [0.717, 1.165) is 48.2 Å². The summed E-state index contributed by atoms with van der Waals surface area (Å²) in [6.45, 7) is 1.74. The highest BCUT2D eigenvalue weighted by atomic mass is 16.2. The van der Waals surface area contributed by atoms with Crippen LogP contribution >= 0.6 is 0 Å². The highest BCUT2D eigenvalue weighted by Crippen LogP contribution is 2.21. The van der Waals surface area contributed by atoms with Gasteiger partial charge in [0.05, 0.1) is 11.0 Å². The molecule has 0 saturated carbocycles. The molecule has 2 aromatic carbocycles. The molecule has 23 heavy (non-hydrogen) atoms. The molecule has 4 rings (SSSR count). The molecule has 4 nitrogen and oxygen atoms in total. The smallest absolute Gasteiger partial charge is 0.253 e. The van der Waals surface area contributed by atoms with Crippen molar-refractivity contribution in [1.82, 2.24) is 14.5 Å². The van der Waals surface area contributed by atoms with Crippen LogP contribution in [0.2, 0.25) is 0 Å². The van der Waals surface area contributed by atoms with E-state index in [2.05, 4.69) is 4.98 Å². The van der Waals surface area contributed by atoms with E-state index >= 15 is 0 Å². The number of benzene rings is 2. The molecule has 0 spiro atoms. The molecule has 1 aliphatic heterocycles. The average molecular weight is 305 g/mol. The topological polar surface area (TPSA) is 38.1 Å². The summed E-state index contributed by atoms with van der Waals surface area (Å²) in [7, 11) is 0. The average Bonchev–Trinajstić information content (AvgIpc) is 3.06. The van der Waals surface area contributed by atoms with Crippen molar-refractivity contribution in [3.8, 4) is 5.69 Å². The highest BCUT2D eigenvalue weighted by Gasteiger charge is 2.19. The summed E-state index contributed by atoms with van der Waals surface area (Å²) in [5, 5.41) is 0. The third-order valence-electron chi connectivity index (χ3n) is 4.47. The zero-order valence-corrected chi connectivity index (χ0v) is 13.0. The Balaban J connectivity index is 1.68. The molecule has 1 fully saturated rings. The van der Waals surface area contributed by atoms with Crippen molar-refractivity contribution in [2.45, 2.75) is 19.3 Å². The van der Waals surface area contributed by atoms with Crippen LogP contribution in [0, 0.1) is 0 Å². The number of para-hydroxylation sites is 1. The molecule has 0 atom stereocenters. The molecule has 0 N–H and O–H groups in total. The second kappa shape index (κ2) is 5.88. The van der Waals surface area contributed by atoms with Crippen molar-refractivity contribution < 1.29 is 4.79 Å². The first-order valence-electron chi connectivity index (χ1n) is 8.15. The van der Waals surface area contributed by atoms with Crippen LogP contribution in [0.1, 0.15) is 29.6 Å². The fourth-order valence-corrected chi connectivity index (χ4v) is 3.22. The van der Waals surface area contributed by atoms with Gasteiger partial charge in [0.15, 0.2) is 0 Å². The molecule has 3 aromatic rings. The summed E-state index contributed by atoms with van der Waals surface area (Å²) in [6.07, 6.45) is 5.26. The van der Waals surface area contributed by atoms with Gasteiger partial charge in [-0.3, -0.25) is 9.36 Å². The number of aromatic nitrogens is 2. The predicted molar refractivity (Wildman–Crippen MR) is 90.8 cm³/mol. The van der Waals surface area contributed by atoms with Crippen LogP contribution in [-0.4, -0.2) is 33.4 Å². The molecule has 0 radical (unpaired) electrons. The van der Waals surface area contributed by atoms with E-state index in [9.17, 15) is 4.79 Å². The number of fused-ring (bicyclic) bond motifs is 1. The van der Waals surface area contributed by atoms with Crippen molar-refractivity contribution in [1.29, 1.82) is 0 Å². The van der Waals surface area contributed by atoms with Crippen LogP contribution in [-0.2, 0) is 0 Å². The fourth-order valence-electron chi connectivity index (χ4n) is 3.22. The lowest BCUT2D eigenvalue weighted by molar-refractivity contribution is 0.0724. The SMILES string of the molecule is O=C(c1ccc2c(c1)ncn2-c1ccccc1)N1CCCCC1. The molecule has 1 aliphatic rings. The molecular formula is C19H19N3O. The zero-order chi connectivity index (χ0) is 15.6. The van der Waals surface area contributed by atoms with Crippen molar-refractivity contribution in [2.75, 3.05) is 13.1 Å². The molecular weight excluding hydrogens is 286 g/mol. The Kier molecular flexibility index (Phi) is 3.58. The minimum Gasteiger partial charge on any atom is -0.339 e. The Labute approximate surface area is 135 Å². The number of carbonyl (C=O) groups is 1. The second-order valence-corrected chi connectivity index (χ2v) is 6.01. The lowest BCUT2D eigenvalue weighted by atomic mass is 10.1. The third kappa shape index (κ3) is 2.61. The number of piperidine rings is 1. The maximum absolute atomic E-state index is 12.6. The van der Waals surface area contributed by atoms with Gasteiger partial charge in [0, 0.05) is 24.3 Å². The lowest BCUT2D eigenvalue weighted by Crippen LogP contribution is -2.35. The second-order valence-electron chi connectivity index (χ2n) is 6.01. The summed E-state index contributed by atoms with van der Waals surface area (Å²) in [6, 6.07) is 15.9. The van der Waals surface area contributed by atoms with Gasteiger partial charge in [0.2, 0.25) is 0 Å². The number of likely N-dealkylation sites (tertiary alicyclic amines) is 1. The predicted octanol–water partition coefficient (Wildman–Crippen LogP) is 3.65. The van der Waals surface area contributed by atoms with Gasteiger partial charge in [-0.25, -0.2) is 4.98 Å². The maximum atomic E-state index is 12.6. The summed E-state index contributed by atoms with van der Waals surface area (Å²) >= 11 is 0. The van der Waals surface area contributed by atoms with E-state index in [-0.39, 0.29) is 5.91 Å². The van der Waals surface area contributed by atoms with E-state index in [1.807, 2.05) is 64.3 Å². The number of hydrogen-bond acceptors (Lipinski definition) is 2. The number of amides is 1. The Bertz CT molecular complexity index is 832. The van der Waals surface area contributed by atoms with Crippen LogP contribution in [0.3, 0.4) is 0 Å². The van der Waals surface area contributed by atoms with E-state index in [0.29, 0.717) is 0 Å². The molecule has 2 heterocycles. The van der Waals surface area contributed by atoms with Gasteiger partial charge in [-0.2, -0.15) is 0 Å². The normalized spacial score (nSPS) is 15.0. The third-order valence-corrected chi connectivity index (χ3v) is 4.47. The lowest BCUT2D eigenvalue weighted by Gasteiger charge is -2.26. The van der Waals surface area contributed by atoms with Gasteiger partial charge in [0.25, 0.3) is 5.91 Å². The zero-order valence-electron chi connectivity index (χ0n) is 13.0. The van der Waals surface area contributed by atoms with E-state index in [4.69, 9.17) is 0 Å². The van der Waals surface area contributed by atoms with Crippen molar-refractivity contribution in [3.05, 3.63) is 60.4 Å². The molecule has 116 valence electrons. The number of nitrogens with zero attached hydrogens (tertiary/aromatic N) is 3. The standard InChI is InChI=1S/C19H19N3O/c23-19(21-11-5-2-6-12-21)15-9-10-18-17(13-15)20-14-22(18)16-7-3-1-4-8-16/h1,3-4,7-10,13-14H,2,5-6,11-12H2. The molecule has 1 amide bonds. The highest BCUT2D eigenvalue weighted by molar-refractivity contribution is 5.97. The fraction of sp³-hybridized carbons (Fsp3) is 0.263. The first-order chi connectivity index (χ1) is 11.3. The largest absolute Gasteiger partial charge is 0.339 e. The minimum absolute atomic E-state index is 0.126. The Morgan fingerprint density at radius 1 is 0.957 bits per heavy atom. The Morgan fingerprint density at radius 2 is 1.74 bits per heavy atom. The van der Waals surface area contributed by atoms with Gasteiger partial charge in [0.1, 0.15) is 6.33 Å². The number of rotatable bonds is 2. The van der Waals surface area contributed by atoms with Crippen molar-refractivity contribution >= 4 is 16.9 Å². The van der Waals surface area contributed by atoms with E-state index in [1.165, 1.54) is 6.42 Å². The number of imidazole rings is 1. The molecule has 0 bridgehead atoms. The van der Waals surface area contributed by atoms with E-state index < -0.39 is 0 Å². The molecule has 0 unspecified atom stereocenters. The number of carbonyl (C=O) groups excluding carboxylic acids is 1. The quantitative estimate of drug-likeness (QED) is 0.725. The monoisotopic (exact) mass is 305 g/mol. The molecule has 1 saturated heterocycles. The van der Waals surface area contributed by atoms with E-state index in [1.54, 1.807) is 0 Å². The first kappa shape index (κ1) is 14.0. The van der Waals surface area contributed by atoms with Crippen LogP contribution in [0.15, 0.2) is 54.9 Å². The van der Waals surface area contributed by atoms with Crippen LogP contribution in [0.25, 0.3) is 16.7 Å². The Morgan fingerprint density at radius 3 is 2.52 bits per heavy atom. The van der Waals surface area contributed by atoms with Crippen molar-refractivity contribution in [2.24, 2.45) is 0 Å². The van der Waals surface area contributed by atoms with Gasteiger partial charge < -0.3 is 4.90 Å². The van der Waals surface area contributed by atoms with Gasteiger partial charge in [-0.15, -0.1) is 0 Å². The van der Waals surface area contributed by atoms with Crippen LogP contribution in [0.5, 0.6) is 0 Å². The summed E-state index contributed by atoms with van der Waals surface area (Å²) in [5.41, 5.74) is 3.69. The minimum atomic E-state index is 0.126. The number of hydrogen-bond donors (Lipinski definition) is 0. The van der Waals surface area contributed by atoms with Gasteiger partial charge in [-0.1, -0.05) is 18.2 Å². The van der Waals surface area contributed by atoms with Gasteiger partial charge in [-0.05, 0) is 49.6 Å². The summed E-state index contributed by atoms with van der Waals surface area (Å²) in [5.74, 6) is 0.126. The summed E-state index contributed by atoms with van der Waals surface area (Å²) in [4.78, 5) is 19.0. The molecule has 1 aromatic heterocycles. The Hall–Kier alpha value is -2.62. The molecule has 4 heteroatoms. The van der Waals surface area contributed by atoms with Crippen molar-refractivity contribution in [3.63, 3.8) is 0 Å². The summed E-state index contributed by atoms with van der Waals surface area (Å²) < 4.78 is 2.05.